The smallest absolute Gasteiger partial charge is 0.257 e. The van der Waals surface area contributed by atoms with Gasteiger partial charge in [-0.25, -0.2) is 0 Å². The Morgan fingerprint density at radius 1 is 1.07 bits per heavy atom. The Labute approximate surface area is 158 Å². The number of hydrogen-bond acceptors (Lipinski definition) is 3. The fourth-order valence-corrected chi connectivity index (χ4v) is 3.00. The fraction of sp³-hybridized carbons (Fsp3) is 0.286. The molecule has 0 saturated heterocycles. The maximum atomic E-state index is 12.7. The molecule has 3 aromatic rings. The molecule has 0 atom stereocenters. The minimum Gasteiger partial charge on any atom is -0.349 e. The van der Waals surface area contributed by atoms with Crippen molar-refractivity contribution in [1.82, 2.24) is 14.7 Å². The number of anilines is 1. The lowest BCUT2D eigenvalue weighted by Gasteiger charge is -2.09. The highest BCUT2D eigenvalue weighted by Gasteiger charge is 2.12. The van der Waals surface area contributed by atoms with E-state index in [0.717, 1.165) is 16.3 Å². The van der Waals surface area contributed by atoms with Gasteiger partial charge in [-0.05, 0) is 35.7 Å². The summed E-state index contributed by atoms with van der Waals surface area (Å²) in [6, 6.07) is 13.4. The van der Waals surface area contributed by atoms with Gasteiger partial charge in [-0.15, -0.1) is 0 Å². The topological polar surface area (TPSA) is 67.2 Å². The summed E-state index contributed by atoms with van der Waals surface area (Å²) >= 11 is 0. The summed E-state index contributed by atoms with van der Waals surface area (Å²) in [6.07, 6.45) is 2.99. The first-order chi connectivity index (χ1) is 13.0. The van der Waals surface area contributed by atoms with Gasteiger partial charge in [0.15, 0.2) is 5.82 Å². The van der Waals surface area contributed by atoms with Gasteiger partial charge in [-0.1, -0.05) is 30.3 Å². The van der Waals surface area contributed by atoms with E-state index in [1.807, 2.05) is 49.5 Å². The lowest BCUT2D eigenvalue weighted by Crippen LogP contribution is -2.21. The molecule has 27 heavy (non-hydrogen) atoms. The molecule has 0 aliphatic carbocycles. The van der Waals surface area contributed by atoms with Crippen LogP contribution in [0.2, 0.25) is 0 Å². The Morgan fingerprint density at radius 3 is 2.56 bits per heavy atom. The van der Waals surface area contributed by atoms with Crippen molar-refractivity contribution in [1.29, 1.82) is 0 Å². The van der Waals surface area contributed by atoms with Gasteiger partial charge in [0.25, 0.3) is 5.91 Å². The van der Waals surface area contributed by atoms with Crippen LogP contribution in [0.3, 0.4) is 0 Å². The summed E-state index contributed by atoms with van der Waals surface area (Å²) in [5, 5.41) is 9.23. The second-order valence-corrected chi connectivity index (χ2v) is 6.79. The van der Waals surface area contributed by atoms with E-state index in [0.29, 0.717) is 30.8 Å². The van der Waals surface area contributed by atoms with E-state index in [-0.39, 0.29) is 11.8 Å². The molecule has 0 bridgehead atoms. The third kappa shape index (κ3) is 4.34. The zero-order valence-electron chi connectivity index (χ0n) is 15.9. The normalized spacial score (nSPS) is 10.8. The molecule has 0 saturated carbocycles. The van der Waals surface area contributed by atoms with E-state index >= 15 is 0 Å². The molecule has 3 rings (SSSR count). The molecule has 1 N–H and O–H groups in total. The van der Waals surface area contributed by atoms with Crippen LogP contribution in [0.25, 0.3) is 10.8 Å². The Balaban J connectivity index is 1.67. The van der Waals surface area contributed by atoms with Gasteiger partial charge in [0.1, 0.15) is 0 Å². The zero-order chi connectivity index (χ0) is 19.4. The van der Waals surface area contributed by atoms with Crippen LogP contribution in [-0.2, 0) is 11.3 Å². The first-order valence-electron chi connectivity index (χ1n) is 8.99. The first kappa shape index (κ1) is 18.6. The van der Waals surface area contributed by atoms with E-state index in [4.69, 9.17) is 0 Å². The molecule has 0 spiro atoms. The standard InChI is InChI=1S/C21H24N4O2/c1-15-10-11-18(17-8-5-4-7-16(15)17)21(27)22-19-12-14-25(23-19)13-6-9-20(26)24(2)3/h4-5,7-8,10-12,14H,6,9,13H2,1-3H3,(H,22,23,27). The van der Waals surface area contributed by atoms with Crippen molar-refractivity contribution in [2.75, 3.05) is 19.4 Å². The molecule has 0 radical (unpaired) electrons. The van der Waals surface area contributed by atoms with Crippen molar-refractivity contribution in [3.63, 3.8) is 0 Å². The number of rotatable bonds is 6. The summed E-state index contributed by atoms with van der Waals surface area (Å²) < 4.78 is 1.74. The zero-order valence-corrected chi connectivity index (χ0v) is 15.9. The number of amides is 2. The molecular weight excluding hydrogens is 340 g/mol. The summed E-state index contributed by atoms with van der Waals surface area (Å²) in [4.78, 5) is 25.9. The quantitative estimate of drug-likeness (QED) is 0.728. The van der Waals surface area contributed by atoms with Crippen molar-refractivity contribution < 1.29 is 9.59 Å². The Morgan fingerprint density at radius 2 is 1.81 bits per heavy atom. The molecular formula is C21H24N4O2. The summed E-state index contributed by atoms with van der Waals surface area (Å²) in [7, 11) is 3.50. The molecule has 1 heterocycles. The molecule has 1 aromatic heterocycles. The molecule has 140 valence electrons. The van der Waals surface area contributed by atoms with Gasteiger partial charge >= 0.3 is 0 Å². The molecule has 0 aliphatic rings. The lowest BCUT2D eigenvalue weighted by atomic mass is 10.00. The van der Waals surface area contributed by atoms with Crippen molar-refractivity contribution in [3.05, 3.63) is 59.8 Å². The monoisotopic (exact) mass is 364 g/mol. The predicted molar refractivity (Wildman–Crippen MR) is 107 cm³/mol. The lowest BCUT2D eigenvalue weighted by molar-refractivity contribution is -0.128. The number of hydrogen-bond donors (Lipinski definition) is 1. The Hall–Kier alpha value is -3.15. The largest absolute Gasteiger partial charge is 0.349 e. The van der Waals surface area contributed by atoms with E-state index in [9.17, 15) is 9.59 Å². The average molecular weight is 364 g/mol. The summed E-state index contributed by atoms with van der Waals surface area (Å²) in [5.41, 5.74) is 1.76. The van der Waals surface area contributed by atoms with Crippen LogP contribution in [0.4, 0.5) is 5.82 Å². The first-order valence-corrected chi connectivity index (χ1v) is 8.99. The minimum absolute atomic E-state index is 0.0990. The summed E-state index contributed by atoms with van der Waals surface area (Å²) in [5.74, 6) is 0.421. The molecule has 2 aromatic carbocycles. The van der Waals surface area contributed by atoms with Crippen molar-refractivity contribution >= 4 is 28.4 Å². The second-order valence-electron chi connectivity index (χ2n) is 6.79. The summed E-state index contributed by atoms with van der Waals surface area (Å²) in [6.45, 7) is 2.66. The number of fused-ring (bicyclic) bond motifs is 1. The van der Waals surface area contributed by atoms with E-state index in [1.165, 1.54) is 0 Å². The van der Waals surface area contributed by atoms with Crippen LogP contribution in [0.1, 0.15) is 28.8 Å². The maximum absolute atomic E-state index is 12.7. The van der Waals surface area contributed by atoms with Crippen LogP contribution in [-0.4, -0.2) is 40.6 Å². The van der Waals surface area contributed by atoms with E-state index < -0.39 is 0 Å². The molecule has 6 heteroatoms. The van der Waals surface area contributed by atoms with Crippen LogP contribution in [0, 0.1) is 6.92 Å². The van der Waals surface area contributed by atoms with Gasteiger partial charge in [-0.3, -0.25) is 14.3 Å². The fourth-order valence-electron chi connectivity index (χ4n) is 3.00. The number of carbonyl (C=O) groups excluding carboxylic acids is 2. The molecule has 6 nitrogen and oxygen atoms in total. The van der Waals surface area contributed by atoms with Crippen molar-refractivity contribution in [2.24, 2.45) is 0 Å². The van der Waals surface area contributed by atoms with Crippen LogP contribution in [0.15, 0.2) is 48.7 Å². The number of nitrogens with one attached hydrogen (secondary N) is 1. The highest BCUT2D eigenvalue weighted by Crippen LogP contribution is 2.23. The third-order valence-electron chi connectivity index (χ3n) is 4.55. The molecule has 0 aliphatic heterocycles. The predicted octanol–water partition coefficient (Wildman–Crippen LogP) is 3.47. The second kappa shape index (κ2) is 8.03. The van der Waals surface area contributed by atoms with Gasteiger partial charge in [0, 0.05) is 44.9 Å². The minimum atomic E-state index is -0.181. The third-order valence-corrected chi connectivity index (χ3v) is 4.55. The Kier molecular flexibility index (Phi) is 5.54. The van der Waals surface area contributed by atoms with Gasteiger partial charge in [-0.2, -0.15) is 5.10 Å². The van der Waals surface area contributed by atoms with E-state index in [2.05, 4.69) is 10.4 Å². The number of aromatic nitrogens is 2. The number of benzene rings is 2. The SMILES string of the molecule is Cc1ccc(C(=O)Nc2ccn(CCCC(=O)N(C)C)n2)c2ccccc12. The highest BCUT2D eigenvalue weighted by atomic mass is 16.2. The van der Waals surface area contributed by atoms with Gasteiger partial charge < -0.3 is 10.2 Å². The number of carbonyl (C=O) groups is 2. The van der Waals surface area contributed by atoms with Crippen molar-refractivity contribution in [2.45, 2.75) is 26.3 Å². The van der Waals surface area contributed by atoms with Gasteiger partial charge in [0.05, 0.1) is 0 Å². The number of aryl methyl sites for hydroxylation is 2. The molecule has 2 amide bonds. The van der Waals surface area contributed by atoms with Crippen LogP contribution < -0.4 is 5.32 Å². The Bertz CT molecular complexity index is 975. The maximum Gasteiger partial charge on any atom is 0.257 e. The molecule has 0 fully saturated rings. The highest BCUT2D eigenvalue weighted by molar-refractivity contribution is 6.13. The van der Waals surface area contributed by atoms with Gasteiger partial charge in [0.2, 0.25) is 5.91 Å². The molecule has 0 unspecified atom stereocenters. The van der Waals surface area contributed by atoms with Crippen LogP contribution in [0.5, 0.6) is 0 Å². The van der Waals surface area contributed by atoms with Crippen LogP contribution >= 0.6 is 0 Å². The van der Waals surface area contributed by atoms with E-state index in [1.54, 1.807) is 29.7 Å². The van der Waals surface area contributed by atoms with Crippen molar-refractivity contribution in [3.8, 4) is 0 Å². The average Bonchev–Trinajstić information content (AvgIpc) is 3.09. The number of nitrogens with zero attached hydrogens (tertiary/aromatic N) is 3.